The van der Waals surface area contributed by atoms with E-state index in [-0.39, 0.29) is 5.92 Å². The normalized spacial score (nSPS) is 16.2. The molecule has 1 N–H and O–H groups in total. The molecule has 0 aliphatic heterocycles. The molecule has 1 aliphatic rings. The topological polar surface area (TPSA) is 79.2 Å². The van der Waals surface area contributed by atoms with Gasteiger partial charge in [0, 0.05) is 16.1 Å². The van der Waals surface area contributed by atoms with E-state index in [0.717, 1.165) is 12.8 Å². The molecule has 0 bridgehead atoms. The molecule has 5 nitrogen and oxygen atoms in total. The van der Waals surface area contributed by atoms with E-state index in [9.17, 15) is 14.9 Å². The Morgan fingerprint density at radius 3 is 2.75 bits per heavy atom. The monoisotopic (exact) mass is 366 g/mol. The molecule has 1 fully saturated rings. The average molecular weight is 367 g/mol. The van der Waals surface area contributed by atoms with Crippen LogP contribution in [0.5, 0.6) is 0 Å². The maximum absolute atomic E-state index is 11.8. The molecule has 1 amide bonds. The van der Waals surface area contributed by atoms with Crippen molar-refractivity contribution in [1.29, 1.82) is 5.26 Å². The molecule has 1 aromatic rings. The molecule has 2 rings (SSSR count). The molecule has 1 atom stereocenters. The van der Waals surface area contributed by atoms with Crippen molar-refractivity contribution >= 4 is 41.2 Å². The quantitative estimate of drug-likeness (QED) is 0.618. The lowest BCUT2D eigenvalue weighted by Crippen LogP contribution is -2.48. The Morgan fingerprint density at radius 2 is 2.17 bits per heavy atom. The Bertz CT molecular complexity index is 723. The van der Waals surface area contributed by atoms with E-state index in [1.165, 1.54) is 12.2 Å². The van der Waals surface area contributed by atoms with Crippen molar-refractivity contribution in [3.8, 4) is 6.07 Å². The summed E-state index contributed by atoms with van der Waals surface area (Å²) in [4.78, 5) is 23.5. The molecular weight excluding hydrogens is 351 g/mol. The summed E-state index contributed by atoms with van der Waals surface area (Å²) in [5, 5.41) is 12.7. The molecule has 126 valence electrons. The number of hydrogen-bond donors (Lipinski definition) is 1. The average Bonchev–Trinajstić information content (AvgIpc) is 3.37. The fourth-order valence-corrected chi connectivity index (χ4v) is 2.66. The fourth-order valence-electron chi connectivity index (χ4n) is 2.19. The van der Waals surface area contributed by atoms with E-state index in [1.54, 1.807) is 25.1 Å². The minimum absolute atomic E-state index is 0.161. The molecule has 24 heavy (non-hydrogen) atoms. The highest BCUT2D eigenvalue weighted by molar-refractivity contribution is 6.35. The minimum Gasteiger partial charge on any atom is -0.452 e. The summed E-state index contributed by atoms with van der Waals surface area (Å²) in [7, 11) is 0. The molecule has 7 heteroatoms. The van der Waals surface area contributed by atoms with Crippen LogP contribution in [-0.4, -0.2) is 24.0 Å². The zero-order valence-corrected chi connectivity index (χ0v) is 14.5. The number of nitrogens with zero attached hydrogens (tertiary/aromatic N) is 1. The van der Waals surface area contributed by atoms with Crippen LogP contribution in [0.1, 0.15) is 25.3 Å². The second kappa shape index (κ2) is 7.69. The van der Waals surface area contributed by atoms with Gasteiger partial charge in [-0.2, -0.15) is 5.26 Å². The SMILES string of the molecule is C[C@](C#N)(NC(=O)COC(=O)/C=C/c1ccc(Cl)cc1Cl)C1CC1. The largest absolute Gasteiger partial charge is 0.452 e. The molecule has 0 saturated heterocycles. The van der Waals surface area contributed by atoms with Crippen molar-refractivity contribution in [2.24, 2.45) is 5.92 Å². The first-order valence-corrected chi connectivity index (χ1v) is 8.12. The highest BCUT2D eigenvalue weighted by Gasteiger charge is 2.43. The van der Waals surface area contributed by atoms with Crippen molar-refractivity contribution in [3.05, 3.63) is 39.9 Å². The Labute approximate surface area is 150 Å². The van der Waals surface area contributed by atoms with Gasteiger partial charge >= 0.3 is 5.97 Å². The summed E-state index contributed by atoms with van der Waals surface area (Å²) in [6.45, 7) is 1.23. The maximum Gasteiger partial charge on any atom is 0.331 e. The first-order valence-electron chi connectivity index (χ1n) is 7.36. The van der Waals surface area contributed by atoms with Gasteiger partial charge in [0.05, 0.1) is 6.07 Å². The number of esters is 1. The predicted molar refractivity (Wildman–Crippen MR) is 91.3 cm³/mol. The van der Waals surface area contributed by atoms with Gasteiger partial charge in [0.15, 0.2) is 6.61 Å². The van der Waals surface area contributed by atoms with Crippen LogP contribution in [0.3, 0.4) is 0 Å². The molecule has 1 saturated carbocycles. The Morgan fingerprint density at radius 1 is 1.46 bits per heavy atom. The van der Waals surface area contributed by atoms with Crippen molar-refractivity contribution < 1.29 is 14.3 Å². The lowest BCUT2D eigenvalue weighted by Gasteiger charge is -2.22. The smallest absolute Gasteiger partial charge is 0.331 e. The van der Waals surface area contributed by atoms with E-state index in [0.29, 0.717) is 15.6 Å². The van der Waals surface area contributed by atoms with Crippen LogP contribution in [0.4, 0.5) is 0 Å². The number of nitriles is 1. The zero-order valence-electron chi connectivity index (χ0n) is 13.0. The van der Waals surface area contributed by atoms with Gasteiger partial charge in [0.1, 0.15) is 5.54 Å². The Hall–Kier alpha value is -2.03. The van der Waals surface area contributed by atoms with Gasteiger partial charge < -0.3 is 10.1 Å². The van der Waals surface area contributed by atoms with Gasteiger partial charge in [-0.1, -0.05) is 29.3 Å². The number of halogens is 2. The van der Waals surface area contributed by atoms with Gasteiger partial charge in [0.25, 0.3) is 5.91 Å². The predicted octanol–water partition coefficient (Wildman–Crippen LogP) is 3.36. The number of benzene rings is 1. The molecule has 0 unspecified atom stereocenters. The van der Waals surface area contributed by atoms with Gasteiger partial charge in [-0.05, 0) is 49.5 Å². The van der Waals surface area contributed by atoms with Crippen molar-refractivity contribution in [1.82, 2.24) is 5.32 Å². The van der Waals surface area contributed by atoms with Crippen LogP contribution in [-0.2, 0) is 14.3 Å². The van der Waals surface area contributed by atoms with E-state index < -0.39 is 24.0 Å². The van der Waals surface area contributed by atoms with Crippen molar-refractivity contribution in [2.75, 3.05) is 6.61 Å². The highest BCUT2D eigenvalue weighted by Crippen LogP contribution is 2.39. The second-order valence-corrected chi connectivity index (χ2v) is 6.59. The molecule has 0 heterocycles. The van der Waals surface area contributed by atoms with E-state index in [4.69, 9.17) is 27.9 Å². The van der Waals surface area contributed by atoms with Crippen LogP contribution >= 0.6 is 23.2 Å². The second-order valence-electron chi connectivity index (χ2n) is 5.74. The third kappa shape index (κ3) is 4.98. The van der Waals surface area contributed by atoms with Gasteiger partial charge in [-0.3, -0.25) is 4.79 Å². The standard InChI is InChI=1S/C17H16Cl2N2O3/c1-17(10-20,12-4-5-12)21-15(22)9-24-16(23)7-3-11-2-6-13(18)8-14(11)19/h2-3,6-8,12H,4-5,9H2,1H3,(H,21,22)/b7-3+/t17-/m1/s1. The Kier molecular flexibility index (Phi) is 5.87. The summed E-state index contributed by atoms with van der Waals surface area (Å²) < 4.78 is 4.86. The van der Waals surface area contributed by atoms with Crippen LogP contribution in [0.2, 0.25) is 10.0 Å². The minimum atomic E-state index is -0.907. The molecule has 0 aromatic heterocycles. The van der Waals surface area contributed by atoms with Gasteiger partial charge in [0.2, 0.25) is 0 Å². The summed E-state index contributed by atoms with van der Waals surface area (Å²) in [6.07, 6.45) is 4.47. The number of nitrogens with one attached hydrogen (secondary N) is 1. The summed E-state index contributed by atoms with van der Waals surface area (Å²) in [5.74, 6) is -1.02. The zero-order chi connectivity index (χ0) is 17.7. The van der Waals surface area contributed by atoms with E-state index in [2.05, 4.69) is 11.4 Å². The molecule has 0 spiro atoms. The number of hydrogen-bond acceptors (Lipinski definition) is 4. The first kappa shape index (κ1) is 18.3. The lowest BCUT2D eigenvalue weighted by atomic mass is 9.98. The van der Waals surface area contributed by atoms with Gasteiger partial charge in [-0.15, -0.1) is 0 Å². The van der Waals surface area contributed by atoms with Crippen molar-refractivity contribution in [3.63, 3.8) is 0 Å². The summed E-state index contributed by atoms with van der Waals surface area (Å²) >= 11 is 11.8. The molecule has 1 aromatic carbocycles. The third-order valence-corrected chi connectivity index (χ3v) is 4.29. The number of ether oxygens (including phenoxy) is 1. The van der Waals surface area contributed by atoms with Crippen LogP contribution < -0.4 is 5.32 Å². The molecule has 1 aliphatic carbocycles. The maximum atomic E-state index is 11.8. The van der Waals surface area contributed by atoms with Crippen LogP contribution in [0.25, 0.3) is 6.08 Å². The number of amides is 1. The van der Waals surface area contributed by atoms with E-state index in [1.807, 2.05) is 0 Å². The lowest BCUT2D eigenvalue weighted by molar-refractivity contribution is -0.144. The molecule has 0 radical (unpaired) electrons. The van der Waals surface area contributed by atoms with Crippen molar-refractivity contribution in [2.45, 2.75) is 25.3 Å². The van der Waals surface area contributed by atoms with Crippen LogP contribution in [0, 0.1) is 17.2 Å². The fraction of sp³-hybridized carbons (Fsp3) is 0.353. The number of rotatable bonds is 6. The van der Waals surface area contributed by atoms with E-state index >= 15 is 0 Å². The first-order chi connectivity index (χ1) is 11.3. The molecular formula is C17H16Cl2N2O3. The Balaban J connectivity index is 1.83. The summed E-state index contributed by atoms with van der Waals surface area (Å²) in [5.41, 5.74) is -0.302. The highest BCUT2D eigenvalue weighted by atomic mass is 35.5. The van der Waals surface area contributed by atoms with Crippen LogP contribution in [0.15, 0.2) is 24.3 Å². The van der Waals surface area contributed by atoms with Gasteiger partial charge in [-0.25, -0.2) is 4.79 Å². The number of carbonyl (C=O) groups excluding carboxylic acids is 2. The number of carbonyl (C=O) groups is 2. The summed E-state index contributed by atoms with van der Waals surface area (Å²) in [6, 6.07) is 6.97. The third-order valence-electron chi connectivity index (χ3n) is 3.73.